The van der Waals surface area contributed by atoms with Crippen molar-refractivity contribution in [3.63, 3.8) is 0 Å². The molecule has 0 saturated heterocycles. The van der Waals surface area contributed by atoms with Crippen molar-refractivity contribution in [2.45, 2.75) is 53.0 Å². The fraction of sp³-hybridized carbons (Fsp3) is 0.619. The topological polar surface area (TPSA) is 55.4 Å². The molecule has 5 nitrogen and oxygen atoms in total. The van der Waals surface area contributed by atoms with Gasteiger partial charge in [0.2, 0.25) is 15.9 Å². The summed E-state index contributed by atoms with van der Waals surface area (Å²) in [6.45, 7) is 0.281. The van der Waals surface area contributed by atoms with Gasteiger partial charge < -0.3 is 9.22 Å². The summed E-state index contributed by atoms with van der Waals surface area (Å²) in [7, 11) is 0.865. The average Bonchev–Trinajstić information content (AvgIpc) is 2.84. The molecule has 1 N–H and O–H groups in total. The summed E-state index contributed by atoms with van der Waals surface area (Å²) in [5.74, 6) is -56.5. The van der Waals surface area contributed by atoms with E-state index in [2.05, 4.69) is 4.74 Å². The minimum atomic E-state index is -8.66. The van der Waals surface area contributed by atoms with Crippen LogP contribution >= 0.6 is 0 Å². The summed E-state index contributed by atoms with van der Waals surface area (Å²) >= 11 is 0. The molecule has 0 unspecified atom stereocenters. The number of rotatable bonds is 15. The largest absolute Gasteiger partial charge is 0.471 e. The lowest BCUT2D eigenvalue weighted by molar-refractivity contribution is -0.870. The van der Waals surface area contributed by atoms with Crippen LogP contribution in [-0.2, 0) is 10.0 Å². The minimum absolute atomic E-state index is 0.0603. The van der Waals surface area contributed by atoms with Gasteiger partial charge in [0.1, 0.15) is 5.75 Å². The first-order valence-corrected chi connectivity index (χ1v) is 12.7. The number of ether oxygens (including phenoxy) is 1. The first kappa shape index (κ1) is 39.5. The summed E-state index contributed by atoms with van der Waals surface area (Å²) in [5, 5.41) is 0. The van der Waals surface area contributed by atoms with E-state index >= 15 is 0 Å². The van der Waals surface area contributed by atoms with Crippen LogP contribution in [0.2, 0.25) is 0 Å². The van der Waals surface area contributed by atoms with E-state index < -0.39 is 74.2 Å². The first-order chi connectivity index (χ1) is 19.2. The van der Waals surface area contributed by atoms with Gasteiger partial charge in [-0.2, -0.15) is 74.6 Å². The Bertz CT molecular complexity index is 1300. The Hall–Kier alpha value is -2.56. The van der Waals surface area contributed by atoms with Gasteiger partial charge in [-0.05, 0) is 24.3 Å². The average molecular weight is 703 g/mol. The molecule has 0 aromatic heterocycles. The minimum Gasteiger partial charge on any atom is -0.428 e. The van der Waals surface area contributed by atoms with Crippen molar-refractivity contribution in [2.24, 2.45) is 0 Å². The molecule has 0 saturated carbocycles. The molecule has 1 aromatic carbocycles. The molecular weight excluding hydrogens is 683 g/mol. The van der Waals surface area contributed by atoms with Crippen molar-refractivity contribution < 1.29 is 92.3 Å². The van der Waals surface area contributed by atoms with Crippen LogP contribution in [0.15, 0.2) is 41.1 Å². The molecule has 0 aliphatic heterocycles. The number of benzene rings is 1. The maximum atomic E-state index is 14.0. The molecule has 0 radical (unpaired) electrons. The fourth-order valence-corrected chi connectivity index (χ4v) is 4.04. The Morgan fingerprint density at radius 2 is 1.11 bits per heavy atom. The maximum absolute atomic E-state index is 14.0. The van der Waals surface area contributed by atoms with Crippen LogP contribution in [0.5, 0.6) is 5.75 Å². The second kappa shape index (κ2) is 12.0. The molecular formula is C21H20F17N2O3S+. The van der Waals surface area contributed by atoms with Crippen LogP contribution in [-0.4, -0.2) is 88.8 Å². The van der Waals surface area contributed by atoms with Gasteiger partial charge in [0, 0.05) is 13.0 Å². The van der Waals surface area contributed by atoms with Crippen LogP contribution < -0.4 is 9.46 Å². The lowest BCUT2D eigenvalue weighted by atomic mass is 9.90. The zero-order valence-electron chi connectivity index (χ0n) is 21.9. The summed E-state index contributed by atoms with van der Waals surface area (Å²) in [4.78, 5) is -0.782. The standard InChI is InChI=1S/C21H20F17N2O3S/c1-40(2,3)10-4-9-39-44(41,42)12-7-5-11(6-8-12)43-21(37,38)20(35,36)19(33,34)18(31,32)17(29,30)16(27,28)15(25,26)13(22)14(23)24/h5-8,39H,4,9-10H2,1-3H3/q+1. The molecule has 0 bridgehead atoms. The van der Waals surface area contributed by atoms with E-state index in [1.54, 1.807) is 21.1 Å². The van der Waals surface area contributed by atoms with E-state index in [9.17, 15) is 83.1 Å². The van der Waals surface area contributed by atoms with E-state index in [4.69, 9.17) is 0 Å². The normalized spacial score (nSPS) is 14.9. The highest BCUT2D eigenvalue weighted by Gasteiger charge is 2.94. The Balaban J connectivity index is 3.37. The number of nitrogens with zero attached hydrogens (tertiary/aromatic N) is 1. The van der Waals surface area contributed by atoms with Crippen molar-refractivity contribution in [3.05, 3.63) is 36.2 Å². The van der Waals surface area contributed by atoms with Gasteiger partial charge in [0.15, 0.2) is 0 Å². The predicted octanol–water partition coefficient (Wildman–Crippen LogP) is 6.92. The van der Waals surface area contributed by atoms with Gasteiger partial charge in [-0.15, -0.1) is 0 Å². The number of sulfonamides is 1. The number of nitrogens with one attached hydrogen (secondary N) is 1. The summed E-state index contributed by atoms with van der Waals surface area (Å²) in [6.07, 6.45) is -11.4. The van der Waals surface area contributed by atoms with Crippen LogP contribution in [0.1, 0.15) is 6.42 Å². The molecule has 1 rings (SSSR count). The second-order valence-corrected chi connectivity index (χ2v) is 11.6. The van der Waals surface area contributed by atoms with Gasteiger partial charge in [0.25, 0.3) is 0 Å². The van der Waals surface area contributed by atoms with E-state index in [1.807, 2.05) is 4.72 Å². The lowest BCUT2D eigenvalue weighted by Crippen LogP contribution is -2.73. The van der Waals surface area contributed by atoms with Gasteiger partial charge in [-0.3, -0.25) is 0 Å². The number of allylic oxidation sites excluding steroid dienone is 1. The molecule has 0 amide bonds. The highest BCUT2D eigenvalue weighted by Crippen LogP contribution is 2.63. The van der Waals surface area contributed by atoms with E-state index in [1.165, 1.54) is 0 Å². The van der Waals surface area contributed by atoms with Gasteiger partial charge in [0.05, 0.1) is 32.6 Å². The lowest BCUT2D eigenvalue weighted by Gasteiger charge is -2.41. The SMILES string of the molecule is C[N+](C)(C)CCCNS(=O)(=O)c1ccc(OC(F)(F)C(F)(F)C(F)(F)C(F)(F)C(F)(F)C(F)(F)C(F)(F)C(F)=C(F)F)cc1. The van der Waals surface area contributed by atoms with Gasteiger partial charge in [-0.25, -0.2) is 13.1 Å². The van der Waals surface area contributed by atoms with E-state index in [0.29, 0.717) is 23.2 Å². The second-order valence-electron chi connectivity index (χ2n) is 9.88. The van der Waals surface area contributed by atoms with Crippen LogP contribution in [0.25, 0.3) is 0 Å². The molecule has 0 aliphatic carbocycles. The molecule has 44 heavy (non-hydrogen) atoms. The number of hydrogen-bond acceptors (Lipinski definition) is 3. The zero-order chi connectivity index (χ0) is 35.2. The van der Waals surface area contributed by atoms with Crippen LogP contribution in [0.3, 0.4) is 0 Å². The van der Waals surface area contributed by atoms with E-state index in [-0.39, 0.29) is 25.1 Å². The number of alkyl halides is 14. The molecule has 0 atom stereocenters. The van der Waals surface area contributed by atoms with Crippen molar-refractivity contribution in [2.75, 3.05) is 34.2 Å². The molecule has 0 aliphatic rings. The van der Waals surface area contributed by atoms with Crippen molar-refractivity contribution in [3.8, 4) is 5.75 Å². The molecule has 23 heteroatoms. The number of quaternary nitrogens is 1. The maximum Gasteiger partial charge on any atom is 0.471 e. The monoisotopic (exact) mass is 703 g/mol. The third-order valence-electron chi connectivity index (χ3n) is 5.46. The Morgan fingerprint density at radius 3 is 1.52 bits per heavy atom. The van der Waals surface area contributed by atoms with E-state index in [0.717, 1.165) is 0 Å². The molecule has 1 aromatic rings. The van der Waals surface area contributed by atoms with Gasteiger partial charge in [-0.1, -0.05) is 0 Å². The predicted molar refractivity (Wildman–Crippen MR) is 115 cm³/mol. The molecule has 256 valence electrons. The number of halogens is 17. The quantitative estimate of drug-likeness (QED) is 0.123. The third-order valence-corrected chi connectivity index (χ3v) is 6.93. The molecule has 0 heterocycles. The highest BCUT2D eigenvalue weighted by atomic mass is 32.2. The smallest absolute Gasteiger partial charge is 0.428 e. The Morgan fingerprint density at radius 1 is 0.705 bits per heavy atom. The van der Waals surface area contributed by atoms with Crippen LogP contribution in [0.4, 0.5) is 74.6 Å². The van der Waals surface area contributed by atoms with Crippen LogP contribution in [0, 0.1) is 0 Å². The van der Waals surface area contributed by atoms with Crippen molar-refractivity contribution >= 4 is 10.0 Å². The zero-order valence-corrected chi connectivity index (χ0v) is 22.8. The third kappa shape index (κ3) is 6.97. The fourth-order valence-electron chi connectivity index (χ4n) is 2.97. The number of hydrogen-bond donors (Lipinski definition) is 1. The summed E-state index contributed by atoms with van der Waals surface area (Å²) in [6, 6.07) is 0.790. The highest BCUT2D eigenvalue weighted by molar-refractivity contribution is 7.89. The molecule has 0 fully saturated rings. The Kier molecular flexibility index (Phi) is 10.8. The van der Waals surface area contributed by atoms with Crippen molar-refractivity contribution in [1.82, 2.24) is 4.72 Å². The van der Waals surface area contributed by atoms with Crippen molar-refractivity contribution in [1.29, 1.82) is 0 Å². The van der Waals surface area contributed by atoms with Gasteiger partial charge >= 0.3 is 47.7 Å². The first-order valence-electron chi connectivity index (χ1n) is 11.2. The summed E-state index contributed by atoms with van der Waals surface area (Å²) in [5.41, 5.74) is 0. The molecule has 0 spiro atoms. The summed E-state index contributed by atoms with van der Waals surface area (Å²) < 4.78 is 259. The Labute approximate surface area is 236 Å².